The fraction of sp³-hybridized carbons (Fsp3) is 0.500. The number of carbonyl (C=O) groups is 1. The zero-order valence-corrected chi connectivity index (χ0v) is 15.0. The average molecular weight is 379 g/mol. The number of nitrogens with zero attached hydrogens (tertiary/aromatic N) is 4. The summed E-state index contributed by atoms with van der Waals surface area (Å²) in [5, 5.41) is 10.3. The Balaban J connectivity index is 1.90. The summed E-state index contributed by atoms with van der Waals surface area (Å²) in [7, 11) is 1.81. The number of nitriles is 1. The SMILES string of the molecule is CC[C@@H]1CN(C(=O)CC(F)(F)F)CC1N(C)c1c(C#N)cnc2[nH]ccc12. The number of hydrogen-bond donors (Lipinski definition) is 1. The van der Waals surface area contributed by atoms with E-state index in [4.69, 9.17) is 0 Å². The minimum absolute atomic E-state index is 0.0147. The van der Waals surface area contributed by atoms with Crippen LogP contribution in [0.1, 0.15) is 25.3 Å². The van der Waals surface area contributed by atoms with Crippen molar-refractivity contribution in [2.75, 3.05) is 25.0 Å². The minimum Gasteiger partial charge on any atom is -0.368 e. The van der Waals surface area contributed by atoms with Crippen molar-refractivity contribution in [1.82, 2.24) is 14.9 Å². The van der Waals surface area contributed by atoms with E-state index in [0.29, 0.717) is 23.3 Å². The number of fused-ring (bicyclic) bond motifs is 1. The van der Waals surface area contributed by atoms with Gasteiger partial charge >= 0.3 is 6.18 Å². The van der Waals surface area contributed by atoms with Gasteiger partial charge in [0.05, 0.1) is 17.3 Å². The second-order valence-corrected chi connectivity index (χ2v) is 6.81. The number of anilines is 1. The van der Waals surface area contributed by atoms with Crippen molar-refractivity contribution in [3.8, 4) is 6.07 Å². The lowest BCUT2D eigenvalue weighted by Crippen LogP contribution is -2.40. The summed E-state index contributed by atoms with van der Waals surface area (Å²) in [6.07, 6.45) is -2.04. The number of rotatable bonds is 4. The lowest BCUT2D eigenvalue weighted by atomic mass is 9.98. The van der Waals surface area contributed by atoms with Crippen LogP contribution in [0.4, 0.5) is 18.9 Å². The van der Waals surface area contributed by atoms with Gasteiger partial charge in [-0.3, -0.25) is 4.79 Å². The summed E-state index contributed by atoms with van der Waals surface area (Å²) in [6, 6.07) is 3.77. The number of aromatic amines is 1. The van der Waals surface area contributed by atoms with Crippen LogP contribution < -0.4 is 4.90 Å². The molecule has 6 nitrogen and oxygen atoms in total. The molecule has 0 aliphatic carbocycles. The second kappa shape index (κ2) is 7.10. The Labute approximate surface area is 154 Å². The van der Waals surface area contributed by atoms with Crippen molar-refractivity contribution in [3.05, 3.63) is 24.0 Å². The van der Waals surface area contributed by atoms with Crippen molar-refractivity contribution in [3.63, 3.8) is 0 Å². The molecule has 1 fully saturated rings. The molecule has 2 aromatic rings. The van der Waals surface area contributed by atoms with Crippen LogP contribution in [0.2, 0.25) is 0 Å². The van der Waals surface area contributed by atoms with Crippen molar-refractivity contribution in [2.45, 2.75) is 32.0 Å². The van der Waals surface area contributed by atoms with Gasteiger partial charge in [0, 0.05) is 37.9 Å². The summed E-state index contributed by atoms with van der Waals surface area (Å²) in [5.74, 6) is -0.889. The van der Waals surface area contributed by atoms with Gasteiger partial charge in [-0.05, 0) is 18.4 Å². The number of nitrogens with one attached hydrogen (secondary N) is 1. The number of hydrogen-bond acceptors (Lipinski definition) is 4. The number of amides is 1. The zero-order chi connectivity index (χ0) is 19.8. The first-order valence-electron chi connectivity index (χ1n) is 8.68. The van der Waals surface area contributed by atoms with Crippen molar-refractivity contribution >= 4 is 22.6 Å². The number of aromatic nitrogens is 2. The molecule has 27 heavy (non-hydrogen) atoms. The van der Waals surface area contributed by atoms with Crippen LogP contribution in [0.3, 0.4) is 0 Å². The first kappa shape index (κ1) is 19.0. The summed E-state index contributed by atoms with van der Waals surface area (Å²) < 4.78 is 37.8. The third-order valence-corrected chi connectivity index (χ3v) is 5.16. The van der Waals surface area contributed by atoms with Crippen molar-refractivity contribution < 1.29 is 18.0 Å². The Morgan fingerprint density at radius 2 is 2.22 bits per heavy atom. The standard InChI is InChI=1S/C18H20F3N5O/c1-3-11-9-26(15(27)6-18(19,20)21)10-14(11)25(2)16-12(7-22)8-24-17-13(16)4-5-23-17/h4-5,8,11,14H,3,6,9-10H2,1-2H3,(H,23,24)/t11-,14?/m1/s1. The number of halogens is 3. The maximum atomic E-state index is 12.6. The van der Waals surface area contributed by atoms with Crippen molar-refractivity contribution in [2.24, 2.45) is 5.92 Å². The predicted molar refractivity (Wildman–Crippen MR) is 94.0 cm³/mol. The Bertz CT molecular complexity index is 885. The van der Waals surface area contributed by atoms with E-state index in [0.717, 1.165) is 5.39 Å². The summed E-state index contributed by atoms with van der Waals surface area (Å²) in [4.78, 5) is 22.4. The highest BCUT2D eigenvalue weighted by Gasteiger charge is 2.41. The molecule has 9 heteroatoms. The first-order chi connectivity index (χ1) is 12.7. The number of likely N-dealkylation sites (N-methyl/N-ethyl adjacent to an activating group) is 1. The van der Waals surface area contributed by atoms with Gasteiger partial charge in [0.2, 0.25) is 5.91 Å². The lowest BCUT2D eigenvalue weighted by Gasteiger charge is -2.31. The van der Waals surface area contributed by atoms with E-state index in [1.54, 1.807) is 6.20 Å². The van der Waals surface area contributed by atoms with Crippen molar-refractivity contribution in [1.29, 1.82) is 5.26 Å². The molecule has 0 bridgehead atoms. The number of carbonyl (C=O) groups excluding carboxylic acids is 1. The van der Waals surface area contributed by atoms with Crippen LogP contribution in [-0.4, -0.2) is 53.1 Å². The molecule has 1 aliphatic rings. The Kier molecular flexibility index (Phi) is 5.00. The number of pyridine rings is 1. The van der Waals surface area contributed by atoms with E-state index in [9.17, 15) is 23.2 Å². The van der Waals surface area contributed by atoms with Crippen LogP contribution in [-0.2, 0) is 4.79 Å². The molecule has 0 saturated carbocycles. The molecule has 2 atom stereocenters. The van der Waals surface area contributed by atoms with Gasteiger partial charge in [0.15, 0.2) is 0 Å². The van der Waals surface area contributed by atoms with Crippen LogP contribution >= 0.6 is 0 Å². The highest BCUT2D eigenvalue weighted by atomic mass is 19.4. The molecule has 0 aromatic carbocycles. The highest BCUT2D eigenvalue weighted by molar-refractivity contribution is 5.93. The van der Waals surface area contributed by atoms with Crippen LogP contribution in [0, 0.1) is 17.2 Å². The molecule has 0 spiro atoms. The number of H-pyrrole nitrogens is 1. The first-order valence-corrected chi connectivity index (χ1v) is 8.68. The molecule has 2 aromatic heterocycles. The van der Waals surface area contributed by atoms with Gasteiger partial charge in [-0.25, -0.2) is 4.98 Å². The molecular weight excluding hydrogens is 359 g/mol. The van der Waals surface area contributed by atoms with Gasteiger partial charge in [0.1, 0.15) is 18.1 Å². The Morgan fingerprint density at radius 1 is 1.48 bits per heavy atom. The van der Waals surface area contributed by atoms with Gasteiger partial charge in [-0.15, -0.1) is 0 Å². The van der Waals surface area contributed by atoms with Crippen LogP contribution in [0.5, 0.6) is 0 Å². The summed E-state index contributed by atoms with van der Waals surface area (Å²) in [6.45, 7) is 2.43. The third-order valence-electron chi connectivity index (χ3n) is 5.16. The van der Waals surface area contributed by atoms with E-state index < -0.39 is 18.5 Å². The molecule has 144 valence electrons. The normalized spacial score (nSPS) is 20.1. The molecule has 1 aliphatic heterocycles. The maximum Gasteiger partial charge on any atom is 0.397 e. The minimum atomic E-state index is -4.51. The molecule has 1 unspecified atom stereocenters. The van der Waals surface area contributed by atoms with Gasteiger partial charge < -0.3 is 14.8 Å². The van der Waals surface area contributed by atoms with E-state index >= 15 is 0 Å². The molecular formula is C18H20F3N5O. The van der Waals surface area contributed by atoms with Gasteiger partial charge in [0.25, 0.3) is 0 Å². The monoisotopic (exact) mass is 379 g/mol. The van der Waals surface area contributed by atoms with Crippen LogP contribution in [0.15, 0.2) is 18.5 Å². The van der Waals surface area contributed by atoms with E-state index in [1.807, 2.05) is 24.9 Å². The van der Waals surface area contributed by atoms with E-state index in [2.05, 4.69) is 16.0 Å². The third kappa shape index (κ3) is 3.70. The summed E-state index contributed by atoms with van der Waals surface area (Å²) >= 11 is 0. The molecule has 3 rings (SSSR count). The van der Waals surface area contributed by atoms with Gasteiger partial charge in [-0.1, -0.05) is 6.92 Å². The predicted octanol–water partition coefficient (Wildman–Crippen LogP) is 3.06. The summed E-state index contributed by atoms with van der Waals surface area (Å²) in [5.41, 5.74) is 1.70. The van der Waals surface area contributed by atoms with Crippen LogP contribution in [0.25, 0.3) is 11.0 Å². The van der Waals surface area contributed by atoms with E-state index in [1.165, 1.54) is 11.1 Å². The quantitative estimate of drug-likeness (QED) is 0.886. The van der Waals surface area contributed by atoms with Gasteiger partial charge in [-0.2, -0.15) is 18.4 Å². The smallest absolute Gasteiger partial charge is 0.368 e. The average Bonchev–Trinajstić information content (AvgIpc) is 3.25. The molecule has 0 radical (unpaired) electrons. The Morgan fingerprint density at radius 3 is 2.85 bits per heavy atom. The Hall–Kier alpha value is -2.76. The second-order valence-electron chi connectivity index (χ2n) is 6.81. The topological polar surface area (TPSA) is 76.0 Å². The molecule has 1 saturated heterocycles. The highest BCUT2D eigenvalue weighted by Crippen LogP contribution is 2.34. The fourth-order valence-corrected chi connectivity index (χ4v) is 3.80. The molecule has 1 N–H and O–H groups in total. The lowest BCUT2D eigenvalue weighted by molar-refractivity contribution is -0.160. The molecule has 1 amide bonds. The van der Waals surface area contributed by atoms with E-state index in [-0.39, 0.29) is 25.0 Å². The largest absolute Gasteiger partial charge is 0.397 e. The fourth-order valence-electron chi connectivity index (χ4n) is 3.80. The molecule has 3 heterocycles. The number of likely N-dealkylation sites (tertiary alicyclic amines) is 1. The maximum absolute atomic E-state index is 12.6. The zero-order valence-electron chi connectivity index (χ0n) is 15.0. The number of alkyl halides is 3.